The van der Waals surface area contributed by atoms with Gasteiger partial charge in [-0.15, -0.1) is 0 Å². The summed E-state index contributed by atoms with van der Waals surface area (Å²) < 4.78 is 21.9. The Morgan fingerprint density at radius 1 is 1.26 bits per heavy atom. The van der Waals surface area contributed by atoms with Crippen molar-refractivity contribution in [3.8, 4) is 11.5 Å². The van der Waals surface area contributed by atoms with Gasteiger partial charge in [-0.25, -0.2) is 18.9 Å². The van der Waals surface area contributed by atoms with Gasteiger partial charge in [-0.2, -0.15) is 10.2 Å². The number of amides is 1. The molecule has 0 bridgehead atoms. The number of H-pyrrole nitrogens is 1. The summed E-state index contributed by atoms with van der Waals surface area (Å²) in [5.41, 5.74) is 4.14. The normalized spacial score (nSPS) is 15.1. The molecule has 0 atom stereocenters. The van der Waals surface area contributed by atoms with Crippen molar-refractivity contribution >= 4 is 11.4 Å². The van der Waals surface area contributed by atoms with E-state index in [4.69, 9.17) is 4.42 Å². The highest BCUT2D eigenvalue weighted by atomic mass is 19.1. The summed E-state index contributed by atoms with van der Waals surface area (Å²) in [4.78, 5) is 26.9. The highest BCUT2D eigenvalue weighted by molar-refractivity contribution is 5.93. The van der Waals surface area contributed by atoms with E-state index < -0.39 is 0 Å². The second-order valence-corrected chi connectivity index (χ2v) is 8.73. The second kappa shape index (κ2) is 8.49. The van der Waals surface area contributed by atoms with Crippen LogP contribution >= 0.6 is 0 Å². The molecule has 0 radical (unpaired) electrons. The number of oxazole rings is 1. The maximum atomic E-state index is 13.1. The summed E-state index contributed by atoms with van der Waals surface area (Å²) >= 11 is 0. The third-order valence-electron chi connectivity index (χ3n) is 6.21. The molecule has 1 fully saturated rings. The third kappa shape index (κ3) is 4.09. The molecule has 1 aliphatic heterocycles. The lowest BCUT2D eigenvalue weighted by Gasteiger charge is -2.25. The van der Waals surface area contributed by atoms with Gasteiger partial charge in [-0.3, -0.25) is 9.48 Å². The SMILES string of the molecule is Cn1cc(-c2nc(C3CC3)c(C(=O)N3CCc4nc[nH]c4C3)o2)cn1.Fc1cccn2nccc12. The van der Waals surface area contributed by atoms with Gasteiger partial charge in [0.25, 0.3) is 5.91 Å². The molecule has 1 saturated carbocycles. The van der Waals surface area contributed by atoms with Gasteiger partial charge in [-0.1, -0.05) is 0 Å². The Kier molecular flexibility index (Phi) is 5.16. The van der Waals surface area contributed by atoms with Gasteiger partial charge in [0.2, 0.25) is 11.7 Å². The summed E-state index contributed by atoms with van der Waals surface area (Å²) in [6.45, 7) is 1.17. The number of aromatic amines is 1. The van der Waals surface area contributed by atoms with E-state index in [1.165, 1.54) is 10.6 Å². The van der Waals surface area contributed by atoms with E-state index in [-0.39, 0.29) is 11.7 Å². The molecule has 5 aromatic rings. The quantitative estimate of drug-likeness (QED) is 0.429. The van der Waals surface area contributed by atoms with Crippen LogP contribution in [0.15, 0.2) is 53.7 Å². The molecule has 0 saturated heterocycles. The van der Waals surface area contributed by atoms with Crippen molar-refractivity contribution in [1.29, 1.82) is 0 Å². The van der Waals surface area contributed by atoms with Crippen LogP contribution in [0.4, 0.5) is 4.39 Å². The van der Waals surface area contributed by atoms with Crippen molar-refractivity contribution in [2.75, 3.05) is 6.54 Å². The van der Waals surface area contributed by atoms with Gasteiger partial charge >= 0.3 is 0 Å². The van der Waals surface area contributed by atoms with Crippen molar-refractivity contribution in [2.45, 2.75) is 31.7 Å². The number of aromatic nitrogens is 7. The van der Waals surface area contributed by atoms with Gasteiger partial charge in [0, 0.05) is 38.3 Å². The molecule has 2 aliphatic rings. The Bertz CT molecular complexity index is 1510. The lowest BCUT2D eigenvalue weighted by atomic mass is 10.1. The first kappa shape index (κ1) is 21.3. The van der Waals surface area contributed by atoms with Gasteiger partial charge < -0.3 is 14.3 Å². The number of hydrogen-bond donors (Lipinski definition) is 1. The van der Waals surface area contributed by atoms with Crippen LogP contribution in [0.5, 0.6) is 0 Å². The molecule has 1 amide bonds. The zero-order valence-corrected chi connectivity index (χ0v) is 19.1. The molecule has 0 unspecified atom stereocenters. The monoisotopic (exact) mass is 474 g/mol. The molecule has 7 rings (SSSR count). The average molecular weight is 475 g/mol. The van der Waals surface area contributed by atoms with Crippen molar-refractivity contribution in [3.63, 3.8) is 0 Å². The van der Waals surface area contributed by atoms with Crippen LogP contribution < -0.4 is 0 Å². The number of rotatable bonds is 3. The molecule has 1 aliphatic carbocycles. The van der Waals surface area contributed by atoms with Gasteiger partial charge in [0.05, 0.1) is 47.9 Å². The number of carbonyl (C=O) groups excluding carboxylic acids is 1. The van der Waals surface area contributed by atoms with Crippen molar-refractivity contribution < 1.29 is 13.6 Å². The minimum absolute atomic E-state index is 0.0928. The first-order valence-corrected chi connectivity index (χ1v) is 11.4. The number of nitrogens with zero attached hydrogens (tertiary/aromatic N) is 7. The van der Waals surface area contributed by atoms with Crippen LogP contribution in [-0.4, -0.2) is 51.7 Å². The topological polar surface area (TPSA) is 110 Å². The maximum Gasteiger partial charge on any atom is 0.291 e. The summed E-state index contributed by atoms with van der Waals surface area (Å²) in [5, 5.41) is 8.01. The molecule has 10 nitrogen and oxygen atoms in total. The second-order valence-electron chi connectivity index (χ2n) is 8.73. The van der Waals surface area contributed by atoms with Crippen LogP contribution in [0.2, 0.25) is 0 Å². The number of nitrogens with one attached hydrogen (secondary N) is 1. The number of hydrogen-bond acceptors (Lipinski definition) is 6. The molecular formula is C24H23FN8O2. The Hall–Kier alpha value is -4.28. The number of carbonyl (C=O) groups is 1. The van der Waals surface area contributed by atoms with Crippen LogP contribution in [0.3, 0.4) is 0 Å². The van der Waals surface area contributed by atoms with Gasteiger partial charge in [0.15, 0.2) is 0 Å². The number of fused-ring (bicyclic) bond motifs is 2. The summed E-state index contributed by atoms with van der Waals surface area (Å²) in [5.74, 6) is 0.854. The van der Waals surface area contributed by atoms with E-state index >= 15 is 0 Å². The number of imidazole rings is 1. The minimum atomic E-state index is -0.236. The fourth-order valence-electron chi connectivity index (χ4n) is 4.22. The minimum Gasteiger partial charge on any atom is -0.430 e. The van der Waals surface area contributed by atoms with E-state index in [0.29, 0.717) is 36.2 Å². The third-order valence-corrected chi connectivity index (χ3v) is 6.21. The molecule has 5 aromatic heterocycles. The molecule has 0 aromatic carbocycles. The zero-order valence-electron chi connectivity index (χ0n) is 19.1. The molecule has 6 heterocycles. The van der Waals surface area contributed by atoms with Gasteiger partial charge in [-0.05, 0) is 31.0 Å². The lowest BCUT2D eigenvalue weighted by Crippen LogP contribution is -2.36. The van der Waals surface area contributed by atoms with Crippen LogP contribution in [-0.2, 0) is 20.0 Å². The van der Waals surface area contributed by atoms with Crippen LogP contribution in [0.25, 0.3) is 17.0 Å². The maximum absolute atomic E-state index is 13.1. The summed E-state index contributed by atoms with van der Waals surface area (Å²) in [6.07, 6.45) is 11.4. The predicted molar refractivity (Wildman–Crippen MR) is 123 cm³/mol. The Morgan fingerprint density at radius 2 is 2.14 bits per heavy atom. The van der Waals surface area contributed by atoms with Crippen LogP contribution in [0, 0.1) is 5.82 Å². The number of pyridine rings is 1. The largest absolute Gasteiger partial charge is 0.430 e. The highest BCUT2D eigenvalue weighted by Crippen LogP contribution is 2.42. The van der Waals surface area contributed by atoms with Crippen molar-refractivity contribution in [1.82, 2.24) is 39.2 Å². The summed E-state index contributed by atoms with van der Waals surface area (Å²) in [7, 11) is 1.84. The summed E-state index contributed by atoms with van der Waals surface area (Å²) in [6, 6.07) is 4.67. The van der Waals surface area contributed by atoms with Crippen molar-refractivity contribution in [2.24, 2.45) is 7.05 Å². The van der Waals surface area contributed by atoms with E-state index in [2.05, 4.69) is 25.1 Å². The first-order valence-electron chi connectivity index (χ1n) is 11.4. The average Bonchev–Trinajstić information content (AvgIpc) is 3.29. The molecule has 1 N–H and O–H groups in total. The Balaban J connectivity index is 0.000000191. The molecule has 178 valence electrons. The molecule has 35 heavy (non-hydrogen) atoms. The fourth-order valence-corrected chi connectivity index (χ4v) is 4.22. The van der Waals surface area contributed by atoms with E-state index in [1.54, 1.807) is 46.6 Å². The first-order chi connectivity index (χ1) is 17.1. The lowest BCUT2D eigenvalue weighted by molar-refractivity contribution is 0.0699. The van der Waals surface area contributed by atoms with E-state index in [0.717, 1.165) is 41.9 Å². The van der Waals surface area contributed by atoms with Crippen molar-refractivity contribution in [3.05, 3.63) is 78.0 Å². The number of aryl methyl sites for hydroxylation is 1. The number of halogens is 1. The fraction of sp³-hybridized carbons (Fsp3) is 0.292. The van der Waals surface area contributed by atoms with E-state index in [1.807, 2.05) is 13.2 Å². The smallest absolute Gasteiger partial charge is 0.291 e. The zero-order chi connectivity index (χ0) is 23.9. The Labute approximate surface area is 199 Å². The highest BCUT2D eigenvalue weighted by Gasteiger charge is 2.36. The molecular weight excluding hydrogens is 451 g/mol. The van der Waals surface area contributed by atoms with Gasteiger partial charge in [0.1, 0.15) is 11.3 Å². The van der Waals surface area contributed by atoms with E-state index in [9.17, 15) is 9.18 Å². The standard InChI is InChI=1S/C17H18N6O2.C7H5FN2/c1-22-7-11(6-20-22)16-21-14(10-2-3-10)15(25-16)17(24)23-5-4-12-13(8-23)19-9-18-12;8-6-2-1-5-10-7(6)3-4-9-10/h6-7,9-10H,2-5,8H2,1H3,(H,18,19);1-5H. The molecule has 0 spiro atoms. The Morgan fingerprint density at radius 3 is 2.91 bits per heavy atom. The van der Waals surface area contributed by atoms with Crippen LogP contribution in [0.1, 0.15) is 46.4 Å². The predicted octanol–water partition coefficient (Wildman–Crippen LogP) is 3.35. The molecule has 11 heteroatoms.